The zero-order valence-corrected chi connectivity index (χ0v) is 18.4. The van der Waals surface area contributed by atoms with Crippen molar-refractivity contribution in [1.29, 1.82) is 0 Å². The number of hydrogen-bond acceptors (Lipinski definition) is 6. The summed E-state index contributed by atoms with van der Waals surface area (Å²) in [6.45, 7) is 4.75. The smallest absolute Gasteiger partial charge is 0.321 e. The van der Waals surface area contributed by atoms with E-state index in [2.05, 4.69) is 13.8 Å². The number of carbonyl (C=O) groups excluding carboxylic acids is 3. The van der Waals surface area contributed by atoms with Crippen LogP contribution in [0.2, 0.25) is 0 Å². The molecular weight excluding hydrogens is 384 g/mol. The highest BCUT2D eigenvalue weighted by molar-refractivity contribution is 5.98. The number of ether oxygens (including phenoxy) is 3. The molecule has 0 aromatic heterocycles. The fourth-order valence-corrected chi connectivity index (χ4v) is 2.83. The van der Waals surface area contributed by atoms with Gasteiger partial charge in [0.25, 0.3) is 0 Å². The summed E-state index contributed by atoms with van der Waals surface area (Å²) in [6, 6.07) is 9.17. The van der Waals surface area contributed by atoms with E-state index in [9.17, 15) is 14.4 Å². The Balaban J connectivity index is 2.56. The van der Waals surface area contributed by atoms with E-state index in [-0.39, 0.29) is 26.2 Å². The molecule has 0 aliphatic rings. The molecule has 0 fully saturated rings. The average Bonchev–Trinajstić information content (AvgIpc) is 2.76. The first-order valence-corrected chi connectivity index (χ1v) is 11.1. The number of rotatable bonds is 16. The van der Waals surface area contributed by atoms with Gasteiger partial charge in [0.2, 0.25) is 0 Å². The Morgan fingerprint density at radius 3 is 1.90 bits per heavy atom. The van der Waals surface area contributed by atoms with Crippen molar-refractivity contribution < 1.29 is 28.6 Å². The fourth-order valence-electron chi connectivity index (χ4n) is 2.83. The third-order valence-electron chi connectivity index (χ3n) is 4.67. The Bertz CT molecular complexity index is 613. The number of unbranched alkanes of at least 4 members (excludes halogenated alkanes) is 6. The van der Waals surface area contributed by atoms with Gasteiger partial charge in [-0.25, -0.2) is 0 Å². The minimum atomic E-state index is -1.30. The molecule has 1 atom stereocenters. The summed E-state index contributed by atoms with van der Waals surface area (Å²) in [5, 5.41) is 0. The van der Waals surface area contributed by atoms with Crippen molar-refractivity contribution >= 4 is 17.9 Å². The zero-order valence-electron chi connectivity index (χ0n) is 18.4. The lowest BCUT2D eigenvalue weighted by Gasteiger charge is -2.15. The zero-order chi connectivity index (χ0) is 22.0. The maximum Gasteiger partial charge on any atom is 0.321 e. The summed E-state index contributed by atoms with van der Waals surface area (Å²) in [5.74, 6) is -3.38. The van der Waals surface area contributed by atoms with Crippen molar-refractivity contribution in [3.8, 4) is 0 Å². The van der Waals surface area contributed by atoms with E-state index in [4.69, 9.17) is 14.2 Å². The van der Waals surface area contributed by atoms with Crippen LogP contribution in [0.1, 0.15) is 77.2 Å². The van der Waals surface area contributed by atoms with E-state index in [0.29, 0.717) is 0 Å². The SMILES string of the molecule is CCCCCCOC(=O)CC(C(=O)OCCCCCC)C(=O)OCc1ccccc1. The second-order valence-electron chi connectivity index (χ2n) is 7.36. The van der Waals surface area contributed by atoms with Gasteiger partial charge >= 0.3 is 17.9 Å². The van der Waals surface area contributed by atoms with E-state index in [0.717, 1.165) is 56.9 Å². The molecule has 0 saturated heterocycles. The minimum Gasteiger partial charge on any atom is -0.466 e. The Labute approximate surface area is 180 Å². The lowest BCUT2D eigenvalue weighted by molar-refractivity contribution is -0.167. The maximum atomic E-state index is 12.5. The predicted octanol–water partition coefficient (Wildman–Crippen LogP) is 4.98. The third kappa shape index (κ3) is 11.6. The molecule has 6 heteroatoms. The highest BCUT2D eigenvalue weighted by atomic mass is 16.6. The summed E-state index contributed by atoms with van der Waals surface area (Å²) < 4.78 is 15.7. The average molecular weight is 421 g/mol. The van der Waals surface area contributed by atoms with E-state index < -0.39 is 23.8 Å². The van der Waals surface area contributed by atoms with Crippen LogP contribution in [0.4, 0.5) is 0 Å². The van der Waals surface area contributed by atoms with Crippen LogP contribution in [0.3, 0.4) is 0 Å². The molecule has 0 radical (unpaired) electrons. The van der Waals surface area contributed by atoms with Gasteiger partial charge in [0.05, 0.1) is 19.6 Å². The third-order valence-corrected chi connectivity index (χ3v) is 4.67. The molecule has 0 aliphatic carbocycles. The predicted molar refractivity (Wildman–Crippen MR) is 115 cm³/mol. The van der Waals surface area contributed by atoms with Crippen LogP contribution < -0.4 is 0 Å². The second-order valence-corrected chi connectivity index (χ2v) is 7.36. The largest absolute Gasteiger partial charge is 0.466 e. The Morgan fingerprint density at radius 1 is 0.733 bits per heavy atom. The van der Waals surface area contributed by atoms with Gasteiger partial charge in [0, 0.05) is 0 Å². The van der Waals surface area contributed by atoms with Crippen molar-refractivity contribution in [2.24, 2.45) is 5.92 Å². The van der Waals surface area contributed by atoms with Gasteiger partial charge in [-0.3, -0.25) is 14.4 Å². The molecule has 0 heterocycles. The molecule has 0 N–H and O–H groups in total. The molecule has 168 valence electrons. The van der Waals surface area contributed by atoms with E-state index in [1.54, 1.807) is 0 Å². The number of esters is 3. The first-order chi connectivity index (χ1) is 14.6. The van der Waals surface area contributed by atoms with E-state index in [1.807, 2.05) is 30.3 Å². The first-order valence-electron chi connectivity index (χ1n) is 11.1. The molecule has 1 rings (SSSR count). The van der Waals surface area contributed by atoms with Crippen LogP contribution >= 0.6 is 0 Å². The Hall–Kier alpha value is -2.37. The Morgan fingerprint density at radius 2 is 1.30 bits per heavy atom. The van der Waals surface area contributed by atoms with Gasteiger partial charge in [0.15, 0.2) is 5.92 Å². The number of benzene rings is 1. The molecule has 1 aromatic rings. The molecule has 0 aliphatic heterocycles. The lowest BCUT2D eigenvalue weighted by atomic mass is 10.1. The summed E-state index contributed by atoms with van der Waals surface area (Å²) >= 11 is 0. The van der Waals surface area contributed by atoms with Gasteiger partial charge in [-0.05, 0) is 18.4 Å². The molecule has 6 nitrogen and oxygen atoms in total. The van der Waals surface area contributed by atoms with Crippen LogP contribution in [0.5, 0.6) is 0 Å². The Kier molecular flexibility index (Phi) is 14.1. The molecule has 30 heavy (non-hydrogen) atoms. The van der Waals surface area contributed by atoms with Crippen LogP contribution in [-0.2, 0) is 35.2 Å². The number of hydrogen-bond donors (Lipinski definition) is 0. The summed E-state index contributed by atoms with van der Waals surface area (Å²) in [5.41, 5.74) is 0.802. The molecule has 1 aromatic carbocycles. The molecular formula is C24H36O6. The monoisotopic (exact) mass is 420 g/mol. The fraction of sp³-hybridized carbons (Fsp3) is 0.625. The lowest BCUT2D eigenvalue weighted by Crippen LogP contribution is -2.31. The van der Waals surface area contributed by atoms with Gasteiger partial charge in [-0.1, -0.05) is 82.7 Å². The van der Waals surface area contributed by atoms with Gasteiger partial charge < -0.3 is 14.2 Å². The van der Waals surface area contributed by atoms with Crippen LogP contribution in [-0.4, -0.2) is 31.1 Å². The van der Waals surface area contributed by atoms with Crippen molar-refractivity contribution in [2.45, 2.75) is 78.2 Å². The quantitative estimate of drug-likeness (QED) is 0.162. The van der Waals surface area contributed by atoms with Crippen LogP contribution in [0.25, 0.3) is 0 Å². The highest BCUT2D eigenvalue weighted by Gasteiger charge is 2.33. The summed E-state index contributed by atoms with van der Waals surface area (Å²) in [6.07, 6.45) is 7.37. The normalized spacial score (nSPS) is 11.5. The number of carbonyl (C=O) groups is 3. The van der Waals surface area contributed by atoms with Crippen molar-refractivity contribution in [2.75, 3.05) is 13.2 Å². The van der Waals surface area contributed by atoms with Crippen LogP contribution in [0.15, 0.2) is 30.3 Å². The maximum absolute atomic E-state index is 12.5. The van der Waals surface area contributed by atoms with Gasteiger partial charge in [-0.2, -0.15) is 0 Å². The molecule has 0 saturated carbocycles. The molecule has 0 spiro atoms. The summed E-state index contributed by atoms with van der Waals surface area (Å²) in [7, 11) is 0. The van der Waals surface area contributed by atoms with Crippen molar-refractivity contribution in [3.05, 3.63) is 35.9 Å². The van der Waals surface area contributed by atoms with Crippen LogP contribution in [0, 0.1) is 5.92 Å². The van der Waals surface area contributed by atoms with Gasteiger partial charge in [0.1, 0.15) is 6.61 Å². The molecule has 0 amide bonds. The standard InChI is InChI=1S/C24H36O6/c1-3-5-7-12-16-28-22(25)18-21(23(26)29-17-13-8-6-4-2)24(27)30-19-20-14-10-9-11-15-20/h9-11,14-15,21H,3-8,12-13,16-19H2,1-2H3. The van der Waals surface area contributed by atoms with E-state index in [1.165, 1.54) is 0 Å². The summed E-state index contributed by atoms with van der Waals surface area (Å²) in [4.78, 5) is 37.1. The van der Waals surface area contributed by atoms with Gasteiger partial charge in [-0.15, -0.1) is 0 Å². The minimum absolute atomic E-state index is 0.0337. The molecule has 1 unspecified atom stereocenters. The highest BCUT2D eigenvalue weighted by Crippen LogP contribution is 2.14. The topological polar surface area (TPSA) is 78.9 Å². The molecule has 0 bridgehead atoms. The van der Waals surface area contributed by atoms with Crippen molar-refractivity contribution in [1.82, 2.24) is 0 Å². The first kappa shape index (κ1) is 25.7. The van der Waals surface area contributed by atoms with E-state index >= 15 is 0 Å². The van der Waals surface area contributed by atoms with Crippen molar-refractivity contribution in [3.63, 3.8) is 0 Å². The second kappa shape index (κ2) is 16.4.